The summed E-state index contributed by atoms with van der Waals surface area (Å²) in [7, 11) is 0. The lowest BCUT2D eigenvalue weighted by atomic mass is 9.94. The number of aryl methyl sites for hydroxylation is 1. The Morgan fingerprint density at radius 1 is 1.50 bits per heavy atom. The van der Waals surface area contributed by atoms with Crippen molar-refractivity contribution in [1.82, 2.24) is 14.9 Å². The molecule has 0 aliphatic carbocycles. The minimum atomic E-state index is -0.801. The van der Waals surface area contributed by atoms with Crippen LogP contribution >= 0.6 is 0 Å². The molecule has 18 heavy (non-hydrogen) atoms. The van der Waals surface area contributed by atoms with Crippen LogP contribution in [0.1, 0.15) is 39.5 Å². The number of carboxylic acids is 1. The summed E-state index contributed by atoms with van der Waals surface area (Å²) in [6.07, 6.45) is 8.90. The maximum atomic E-state index is 11.3. The highest BCUT2D eigenvalue weighted by atomic mass is 16.4. The molecule has 0 bridgehead atoms. The van der Waals surface area contributed by atoms with Crippen molar-refractivity contribution >= 4 is 5.97 Å². The van der Waals surface area contributed by atoms with Crippen molar-refractivity contribution in [2.24, 2.45) is 0 Å². The van der Waals surface area contributed by atoms with Gasteiger partial charge in [-0.25, -0.2) is 4.98 Å². The van der Waals surface area contributed by atoms with E-state index in [1.54, 1.807) is 19.4 Å². The van der Waals surface area contributed by atoms with E-state index in [1.807, 2.05) is 17.7 Å². The summed E-state index contributed by atoms with van der Waals surface area (Å²) in [6.45, 7) is 5.43. The van der Waals surface area contributed by atoms with Crippen LogP contribution in [-0.4, -0.2) is 32.7 Å². The molecule has 0 fully saturated rings. The molecule has 0 amide bonds. The first kappa shape index (κ1) is 14.7. The summed E-state index contributed by atoms with van der Waals surface area (Å²) in [4.78, 5) is 15.2. The van der Waals surface area contributed by atoms with Crippen LogP contribution in [0.25, 0.3) is 0 Å². The van der Waals surface area contributed by atoms with E-state index in [-0.39, 0.29) is 0 Å². The third kappa shape index (κ3) is 4.49. The van der Waals surface area contributed by atoms with E-state index in [0.717, 1.165) is 32.4 Å². The quantitative estimate of drug-likeness (QED) is 0.660. The predicted octanol–water partition coefficient (Wildman–Crippen LogP) is 1.90. The molecule has 102 valence electrons. The van der Waals surface area contributed by atoms with Crippen molar-refractivity contribution in [1.29, 1.82) is 0 Å². The number of carboxylic acid groups (broad SMARTS) is 1. The van der Waals surface area contributed by atoms with E-state index in [4.69, 9.17) is 0 Å². The highest BCUT2D eigenvalue weighted by Crippen LogP contribution is 2.15. The Morgan fingerprint density at radius 3 is 2.83 bits per heavy atom. The molecule has 0 aliphatic rings. The lowest BCUT2D eigenvalue weighted by Crippen LogP contribution is -2.49. The first-order chi connectivity index (χ1) is 8.58. The third-order valence-corrected chi connectivity index (χ3v) is 3.14. The van der Waals surface area contributed by atoms with Gasteiger partial charge in [0.15, 0.2) is 0 Å². The zero-order chi connectivity index (χ0) is 13.4. The monoisotopic (exact) mass is 253 g/mol. The summed E-state index contributed by atoms with van der Waals surface area (Å²) in [5.74, 6) is -0.765. The van der Waals surface area contributed by atoms with Gasteiger partial charge in [-0.05, 0) is 39.2 Å². The molecule has 1 unspecified atom stereocenters. The maximum Gasteiger partial charge on any atom is 0.323 e. The summed E-state index contributed by atoms with van der Waals surface area (Å²) in [5, 5.41) is 12.4. The second-order valence-electron chi connectivity index (χ2n) is 4.82. The summed E-state index contributed by atoms with van der Waals surface area (Å²) in [6, 6.07) is 0. The number of nitrogens with one attached hydrogen (secondary N) is 1. The van der Waals surface area contributed by atoms with Crippen LogP contribution in [0.2, 0.25) is 0 Å². The van der Waals surface area contributed by atoms with Crippen molar-refractivity contribution in [3.8, 4) is 0 Å². The van der Waals surface area contributed by atoms with E-state index in [2.05, 4.69) is 10.3 Å². The van der Waals surface area contributed by atoms with E-state index >= 15 is 0 Å². The van der Waals surface area contributed by atoms with Gasteiger partial charge >= 0.3 is 5.97 Å². The van der Waals surface area contributed by atoms with Gasteiger partial charge in [0.2, 0.25) is 0 Å². The number of carbonyl (C=O) groups is 1. The zero-order valence-electron chi connectivity index (χ0n) is 11.2. The number of imidazole rings is 1. The van der Waals surface area contributed by atoms with Crippen LogP contribution in [0, 0.1) is 0 Å². The van der Waals surface area contributed by atoms with Gasteiger partial charge in [0.05, 0.1) is 6.33 Å². The Bertz CT molecular complexity index is 351. The Labute approximate surface area is 108 Å². The Morgan fingerprint density at radius 2 is 2.28 bits per heavy atom. The molecule has 0 radical (unpaired) electrons. The van der Waals surface area contributed by atoms with Gasteiger partial charge in [0, 0.05) is 18.9 Å². The number of hydrogen-bond donors (Lipinski definition) is 2. The minimum Gasteiger partial charge on any atom is -0.480 e. The van der Waals surface area contributed by atoms with Gasteiger partial charge in [-0.1, -0.05) is 6.92 Å². The molecule has 0 aliphatic heterocycles. The van der Waals surface area contributed by atoms with E-state index in [9.17, 15) is 9.90 Å². The van der Waals surface area contributed by atoms with Crippen LogP contribution in [0.15, 0.2) is 18.7 Å². The number of aromatic nitrogens is 2. The molecule has 0 aromatic carbocycles. The lowest BCUT2D eigenvalue weighted by Gasteiger charge is -2.26. The van der Waals surface area contributed by atoms with Gasteiger partial charge in [-0.2, -0.15) is 0 Å². The number of nitrogens with zero attached hydrogens (tertiary/aromatic N) is 2. The molecule has 1 aromatic rings. The van der Waals surface area contributed by atoms with Crippen LogP contribution in [-0.2, 0) is 11.3 Å². The number of hydrogen-bond acceptors (Lipinski definition) is 3. The highest BCUT2D eigenvalue weighted by Gasteiger charge is 2.31. The first-order valence-electron chi connectivity index (χ1n) is 6.52. The van der Waals surface area contributed by atoms with Crippen molar-refractivity contribution < 1.29 is 9.90 Å². The molecule has 1 atom stereocenters. The molecule has 0 saturated carbocycles. The Kier molecular flexibility index (Phi) is 5.85. The molecule has 0 spiro atoms. The van der Waals surface area contributed by atoms with Crippen LogP contribution in [0.3, 0.4) is 0 Å². The van der Waals surface area contributed by atoms with E-state index in [1.165, 1.54) is 0 Å². The van der Waals surface area contributed by atoms with Gasteiger partial charge < -0.3 is 15.0 Å². The van der Waals surface area contributed by atoms with Crippen LogP contribution in [0.5, 0.6) is 0 Å². The molecule has 0 saturated heterocycles. The average Bonchev–Trinajstić information content (AvgIpc) is 2.85. The summed E-state index contributed by atoms with van der Waals surface area (Å²) >= 11 is 0. The smallest absolute Gasteiger partial charge is 0.323 e. The number of aliphatic carboxylic acids is 1. The average molecular weight is 253 g/mol. The van der Waals surface area contributed by atoms with Crippen LogP contribution in [0.4, 0.5) is 0 Å². The summed E-state index contributed by atoms with van der Waals surface area (Å²) in [5.41, 5.74) is -0.801. The third-order valence-electron chi connectivity index (χ3n) is 3.14. The van der Waals surface area contributed by atoms with Crippen molar-refractivity contribution in [3.63, 3.8) is 0 Å². The normalized spacial score (nSPS) is 14.3. The number of rotatable bonds is 9. The van der Waals surface area contributed by atoms with Crippen molar-refractivity contribution in [2.45, 2.75) is 51.6 Å². The molecular weight excluding hydrogens is 230 g/mol. The van der Waals surface area contributed by atoms with Gasteiger partial charge in [-0.15, -0.1) is 0 Å². The Hall–Kier alpha value is -1.36. The summed E-state index contributed by atoms with van der Waals surface area (Å²) < 4.78 is 2.01. The molecule has 2 N–H and O–H groups in total. The maximum absolute atomic E-state index is 11.3. The molecule has 1 aromatic heterocycles. The van der Waals surface area contributed by atoms with Crippen LogP contribution < -0.4 is 5.32 Å². The fourth-order valence-electron chi connectivity index (χ4n) is 1.86. The van der Waals surface area contributed by atoms with Gasteiger partial charge in [0.25, 0.3) is 0 Å². The van der Waals surface area contributed by atoms with E-state index in [0.29, 0.717) is 6.42 Å². The number of unbranched alkanes of at least 4 members (excludes halogenated alkanes) is 1. The zero-order valence-corrected chi connectivity index (χ0v) is 11.2. The largest absolute Gasteiger partial charge is 0.480 e. The standard InChI is InChI=1S/C13H23N3O2/c1-3-7-15-13(2,12(17)18)6-4-5-9-16-10-8-14-11-16/h8,10-11,15H,3-7,9H2,1-2H3,(H,17,18). The molecule has 1 rings (SSSR count). The SMILES string of the molecule is CCCNC(C)(CCCCn1ccnc1)C(=O)O. The van der Waals surface area contributed by atoms with Gasteiger partial charge in [-0.3, -0.25) is 4.79 Å². The fraction of sp³-hybridized carbons (Fsp3) is 0.692. The molecule has 5 nitrogen and oxygen atoms in total. The Balaban J connectivity index is 2.31. The van der Waals surface area contributed by atoms with E-state index < -0.39 is 11.5 Å². The second-order valence-corrected chi connectivity index (χ2v) is 4.82. The molecule has 5 heteroatoms. The van der Waals surface area contributed by atoms with Gasteiger partial charge in [0.1, 0.15) is 5.54 Å². The second kappa shape index (κ2) is 7.16. The highest BCUT2D eigenvalue weighted by molar-refractivity contribution is 5.78. The predicted molar refractivity (Wildman–Crippen MR) is 70.4 cm³/mol. The molecule has 1 heterocycles. The molecular formula is C13H23N3O2. The van der Waals surface area contributed by atoms with Crippen molar-refractivity contribution in [2.75, 3.05) is 6.54 Å². The van der Waals surface area contributed by atoms with Crippen molar-refractivity contribution in [3.05, 3.63) is 18.7 Å². The minimum absolute atomic E-state index is 0.650. The topological polar surface area (TPSA) is 67.2 Å². The fourth-order valence-corrected chi connectivity index (χ4v) is 1.86. The first-order valence-corrected chi connectivity index (χ1v) is 6.52. The lowest BCUT2D eigenvalue weighted by molar-refractivity contribution is -0.144.